The number of guanidine groups is 1. The second-order valence-electron chi connectivity index (χ2n) is 7.04. The third kappa shape index (κ3) is 7.54. The summed E-state index contributed by atoms with van der Waals surface area (Å²) in [5.41, 5.74) is 2.68. The Morgan fingerprint density at radius 2 is 1.94 bits per heavy atom. The lowest BCUT2D eigenvalue weighted by Crippen LogP contribution is -2.51. The summed E-state index contributed by atoms with van der Waals surface area (Å²) < 4.78 is 29.0. The molecule has 1 unspecified atom stereocenters. The van der Waals surface area contributed by atoms with E-state index in [0.717, 1.165) is 37.2 Å². The van der Waals surface area contributed by atoms with Crippen molar-refractivity contribution >= 4 is 35.6 Å². The Balaban J connectivity index is 0.00000341. The Kier molecular flexibility index (Phi) is 9.78. The van der Waals surface area contributed by atoms with E-state index >= 15 is 0 Å². The lowest BCUT2D eigenvalue weighted by atomic mass is 10.0. The minimum absolute atomic E-state index is 0. The van der Waals surface area contributed by atoms with Gasteiger partial charge in [-0.25, -0.2) is 0 Å². The maximum atomic E-state index is 12.3. The van der Waals surface area contributed by atoms with Crippen molar-refractivity contribution in [2.45, 2.75) is 32.0 Å². The number of alkyl halides is 2. The van der Waals surface area contributed by atoms with Gasteiger partial charge in [-0.15, -0.1) is 24.0 Å². The predicted molar refractivity (Wildman–Crippen MR) is 128 cm³/mol. The van der Waals surface area contributed by atoms with Crippen molar-refractivity contribution in [3.05, 3.63) is 59.7 Å². The van der Waals surface area contributed by atoms with Crippen LogP contribution in [0, 0.1) is 11.3 Å². The molecule has 2 N–H and O–H groups in total. The zero-order valence-corrected chi connectivity index (χ0v) is 19.6. The van der Waals surface area contributed by atoms with Crippen LogP contribution in [0.5, 0.6) is 5.75 Å². The highest BCUT2D eigenvalue weighted by Crippen LogP contribution is 2.23. The van der Waals surface area contributed by atoms with Crippen LogP contribution in [0.4, 0.5) is 14.5 Å². The Morgan fingerprint density at radius 3 is 2.55 bits per heavy atom. The van der Waals surface area contributed by atoms with E-state index in [1.807, 2.05) is 12.1 Å². The lowest BCUT2D eigenvalue weighted by molar-refractivity contribution is -0.0498. The second-order valence-corrected chi connectivity index (χ2v) is 7.04. The van der Waals surface area contributed by atoms with Crippen LogP contribution < -0.4 is 20.3 Å². The van der Waals surface area contributed by atoms with Crippen molar-refractivity contribution in [1.82, 2.24) is 10.6 Å². The monoisotopic (exact) mass is 541 g/mol. The third-order valence-corrected chi connectivity index (χ3v) is 4.96. The molecule has 6 nitrogen and oxygen atoms in total. The molecule has 1 fully saturated rings. The van der Waals surface area contributed by atoms with Gasteiger partial charge in [0.25, 0.3) is 0 Å². The number of anilines is 1. The van der Waals surface area contributed by atoms with E-state index in [0.29, 0.717) is 18.1 Å². The highest BCUT2D eigenvalue weighted by atomic mass is 127. The summed E-state index contributed by atoms with van der Waals surface area (Å²) in [6.07, 6.45) is 2.03. The quantitative estimate of drug-likeness (QED) is 0.327. The second kappa shape index (κ2) is 12.3. The first-order valence-corrected chi connectivity index (χ1v) is 9.83. The minimum atomic E-state index is -2.82. The van der Waals surface area contributed by atoms with Crippen LogP contribution in [0.2, 0.25) is 0 Å². The van der Waals surface area contributed by atoms with Crippen LogP contribution in [-0.2, 0) is 6.54 Å². The molecule has 0 amide bonds. The molecule has 0 saturated carbocycles. The van der Waals surface area contributed by atoms with E-state index in [4.69, 9.17) is 5.26 Å². The molecular weight excluding hydrogens is 515 g/mol. The summed E-state index contributed by atoms with van der Waals surface area (Å²) in [6.45, 7) is -0.521. The number of hydrogen-bond donors (Lipinski definition) is 2. The molecule has 31 heavy (non-hydrogen) atoms. The fourth-order valence-corrected chi connectivity index (χ4v) is 3.44. The van der Waals surface area contributed by atoms with Crippen LogP contribution in [0.1, 0.15) is 24.0 Å². The average molecular weight is 541 g/mol. The number of benzene rings is 2. The zero-order chi connectivity index (χ0) is 21.3. The summed E-state index contributed by atoms with van der Waals surface area (Å²) in [5, 5.41) is 15.6. The van der Waals surface area contributed by atoms with E-state index in [1.165, 1.54) is 0 Å². The van der Waals surface area contributed by atoms with Gasteiger partial charge < -0.3 is 20.3 Å². The molecule has 0 spiro atoms. The van der Waals surface area contributed by atoms with Gasteiger partial charge in [-0.3, -0.25) is 4.99 Å². The Bertz CT molecular complexity index is 884. The van der Waals surface area contributed by atoms with Crippen LogP contribution in [0.3, 0.4) is 0 Å². The first kappa shape index (κ1) is 24.7. The number of piperidine rings is 1. The summed E-state index contributed by atoms with van der Waals surface area (Å²) in [7, 11) is 1.73. The van der Waals surface area contributed by atoms with Crippen molar-refractivity contribution in [2.75, 3.05) is 25.0 Å². The van der Waals surface area contributed by atoms with Gasteiger partial charge in [-0.1, -0.05) is 12.1 Å². The van der Waals surface area contributed by atoms with Crippen molar-refractivity contribution in [1.29, 1.82) is 5.26 Å². The van der Waals surface area contributed by atoms with Gasteiger partial charge in [0.2, 0.25) is 0 Å². The number of aliphatic imine (C=N–C) groups is 1. The molecule has 166 valence electrons. The first-order chi connectivity index (χ1) is 14.6. The molecule has 0 aliphatic carbocycles. The summed E-state index contributed by atoms with van der Waals surface area (Å²) in [6, 6.07) is 16.5. The number of halogens is 3. The SMILES string of the molecule is CN=C(NCc1ccc(C#N)cc1)NC1CCCN(c2ccc(OC(F)F)cc2)C1.I. The van der Waals surface area contributed by atoms with E-state index in [9.17, 15) is 8.78 Å². The highest BCUT2D eigenvalue weighted by molar-refractivity contribution is 14.0. The molecule has 1 aliphatic rings. The van der Waals surface area contributed by atoms with Crippen molar-refractivity contribution in [3.63, 3.8) is 0 Å². The van der Waals surface area contributed by atoms with Crippen LogP contribution in [0.25, 0.3) is 0 Å². The van der Waals surface area contributed by atoms with E-state index in [1.54, 1.807) is 43.4 Å². The smallest absolute Gasteiger partial charge is 0.387 e. The molecule has 1 atom stereocenters. The molecule has 2 aromatic carbocycles. The Morgan fingerprint density at radius 1 is 1.23 bits per heavy atom. The molecule has 1 aliphatic heterocycles. The molecular formula is C22H26F2IN5O. The largest absolute Gasteiger partial charge is 0.435 e. The van der Waals surface area contributed by atoms with Gasteiger partial charge in [-0.05, 0) is 54.8 Å². The molecule has 0 aromatic heterocycles. The number of nitrogens with zero attached hydrogens (tertiary/aromatic N) is 3. The number of rotatable bonds is 6. The fourth-order valence-electron chi connectivity index (χ4n) is 3.44. The van der Waals surface area contributed by atoms with Gasteiger partial charge in [0.15, 0.2) is 5.96 Å². The van der Waals surface area contributed by atoms with Crippen molar-refractivity contribution in [3.8, 4) is 11.8 Å². The maximum Gasteiger partial charge on any atom is 0.387 e. The Labute approximate surface area is 198 Å². The van der Waals surface area contributed by atoms with Crippen molar-refractivity contribution < 1.29 is 13.5 Å². The number of nitriles is 1. The number of nitrogens with one attached hydrogen (secondary N) is 2. The van der Waals surface area contributed by atoms with Crippen molar-refractivity contribution in [2.24, 2.45) is 4.99 Å². The van der Waals surface area contributed by atoms with Gasteiger partial charge in [-0.2, -0.15) is 14.0 Å². The topological polar surface area (TPSA) is 72.7 Å². The fraction of sp³-hybridized carbons (Fsp3) is 0.364. The molecule has 0 radical (unpaired) electrons. The highest BCUT2D eigenvalue weighted by Gasteiger charge is 2.21. The first-order valence-electron chi connectivity index (χ1n) is 9.83. The van der Waals surface area contributed by atoms with E-state index in [2.05, 4.69) is 31.3 Å². The standard InChI is InChI=1S/C22H25F2N5O.HI/c1-26-22(27-14-17-6-4-16(13-25)5-7-17)28-18-3-2-12-29(15-18)19-8-10-20(11-9-19)30-21(23)24;/h4-11,18,21H,2-3,12,14-15H2,1H3,(H2,26,27,28);1H. The molecule has 9 heteroatoms. The van der Waals surface area contributed by atoms with E-state index < -0.39 is 6.61 Å². The Hall–Kier alpha value is -2.61. The zero-order valence-electron chi connectivity index (χ0n) is 17.2. The summed E-state index contributed by atoms with van der Waals surface area (Å²) >= 11 is 0. The third-order valence-electron chi connectivity index (χ3n) is 4.96. The van der Waals surface area contributed by atoms with Crippen LogP contribution >= 0.6 is 24.0 Å². The van der Waals surface area contributed by atoms with Gasteiger partial charge in [0.1, 0.15) is 5.75 Å². The van der Waals surface area contributed by atoms with Gasteiger partial charge in [0.05, 0.1) is 11.6 Å². The van der Waals surface area contributed by atoms with E-state index in [-0.39, 0.29) is 35.8 Å². The number of ether oxygens (including phenoxy) is 1. The summed E-state index contributed by atoms with van der Waals surface area (Å²) in [5.74, 6) is 0.875. The minimum Gasteiger partial charge on any atom is -0.435 e. The molecule has 3 rings (SSSR count). The average Bonchev–Trinajstić information content (AvgIpc) is 2.77. The van der Waals surface area contributed by atoms with Crippen LogP contribution in [-0.4, -0.2) is 38.8 Å². The number of hydrogen-bond acceptors (Lipinski definition) is 4. The van der Waals surface area contributed by atoms with Crippen LogP contribution in [0.15, 0.2) is 53.5 Å². The van der Waals surface area contributed by atoms with Gasteiger partial charge in [0, 0.05) is 38.4 Å². The molecule has 1 saturated heterocycles. The normalized spacial score (nSPS) is 16.3. The predicted octanol–water partition coefficient (Wildman–Crippen LogP) is 4.11. The maximum absolute atomic E-state index is 12.3. The summed E-state index contributed by atoms with van der Waals surface area (Å²) in [4.78, 5) is 6.53. The molecule has 0 bridgehead atoms. The van der Waals surface area contributed by atoms with Gasteiger partial charge >= 0.3 is 6.61 Å². The lowest BCUT2D eigenvalue weighted by Gasteiger charge is -2.35. The molecule has 1 heterocycles. The molecule has 2 aromatic rings.